The maximum atomic E-state index is 12.8. The third-order valence-electron chi connectivity index (χ3n) is 4.56. The number of nitrogens with one attached hydrogen (secondary N) is 1. The number of hydrogen-bond donors (Lipinski definition) is 1. The zero-order valence-electron chi connectivity index (χ0n) is 14.3. The van der Waals surface area contributed by atoms with Gasteiger partial charge in [-0.25, -0.2) is 0 Å². The van der Waals surface area contributed by atoms with E-state index in [9.17, 15) is 9.59 Å². The maximum absolute atomic E-state index is 12.8. The Morgan fingerprint density at radius 1 is 1.12 bits per heavy atom. The average Bonchev–Trinajstić information content (AvgIpc) is 3.29. The van der Waals surface area contributed by atoms with Gasteiger partial charge >= 0.3 is 0 Å². The molecule has 2 amide bonds. The number of carbonyl (C=O) groups is 2. The van der Waals surface area contributed by atoms with Crippen LogP contribution < -0.4 is 14.8 Å². The largest absolute Gasteiger partial charge is 0.490 e. The lowest BCUT2D eigenvalue weighted by Crippen LogP contribution is -2.42. The first kappa shape index (κ1) is 16.9. The van der Waals surface area contributed by atoms with Gasteiger partial charge in [0.15, 0.2) is 11.5 Å². The van der Waals surface area contributed by atoms with Crippen LogP contribution in [0.25, 0.3) is 0 Å². The van der Waals surface area contributed by atoms with E-state index in [1.54, 1.807) is 29.2 Å². The first-order valence-electron chi connectivity index (χ1n) is 8.77. The molecular formula is C19H20N2O4S. The SMILES string of the molecule is O=C(Nc1ccc2c(c1)OCCCO2)[C@H]1CCCN1C(=O)c1cccs1. The first-order valence-corrected chi connectivity index (χ1v) is 9.65. The van der Waals surface area contributed by atoms with Gasteiger partial charge in [0.1, 0.15) is 6.04 Å². The Kier molecular flexibility index (Phi) is 4.79. The summed E-state index contributed by atoms with van der Waals surface area (Å²) in [4.78, 5) is 27.7. The van der Waals surface area contributed by atoms with Crippen molar-refractivity contribution in [3.05, 3.63) is 40.6 Å². The van der Waals surface area contributed by atoms with Gasteiger partial charge in [-0.1, -0.05) is 6.07 Å². The molecule has 0 unspecified atom stereocenters. The summed E-state index contributed by atoms with van der Waals surface area (Å²) in [5.41, 5.74) is 0.648. The zero-order valence-corrected chi connectivity index (χ0v) is 15.1. The first-order chi connectivity index (χ1) is 12.7. The molecule has 2 aliphatic rings. The second-order valence-corrected chi connectivity index (χ2v) is 7.28. The number of fused-ring (bicyclic) bond motifs is 1. The number of thiophene rings is 1. The van der Waals surface area contributed by atoms with Crippen LogP contribution in [0.2, 0.25) is 0 Å². The van der Waals surface area contributed by atoms with Gasteiger partial charge in [-0.05, 0) is 36.4 Å². The Bertz CT molecular complexity index is 806. The molecule has 4 rings (SSSR count). The average molecular weight is 372 g/mol. The van der Waals surface area contributed by atoms with Gasteiger partial charge in [-0.2, -0.15) is 0 Å². The summed E-state index contributed by atoms with van der Waals surface area (Å²) in [6.45, 7) is 1.83. The fourth-order valence-electron chi connectivity index (χ4n) is 3.29. The minimum Gasteiger partial charge on any atom is -0.490 e. The Labute approximate surface area is 155 Å². The molecule has 26 heavy (non-hydrogen) atoms. The quantitative estimate of drug-likeness (QED) is 0.899. The van der Waals surface area contributed by atoms with E-state index in [-0.39, 0.29) is 11.8 Å². The molecule has 7 heteroatoms. The van der Waals surface area contributed by atoms with E-state index in [0.29, 0.717) is 48.2 Å². The fraction of sp³-hybridized carbons (Fsp3) is 0.368. The van der Waals surface area contributed by atoms with Crippen molar-refractivity contribution in [3.63, 3.8) is 0 Å². The highest BCUT2D eigenvalue weighted by Gasteiger charge is 2.35. The number of benzene rings is 1. The van der Waals surface area contributed by atoms with Crippen LogP contribution in [0, 0.1) is 0 Å². The summed E-state index contributed by atoms with van der Waals surface area (Å²) < 4.78 is 11.3. The van der Waals surface area contributed by atoms with E-state index in [2.05, 4.69) is 5.32 Å². The second kappa shape index (κ2) is 7.37. The normalized spacial score (nSPS) is 19.1. The van der Waals surface area contributed by atoms with Gasteiger partial charge < -0.3 is 19.7 Å². The van der Waals surface area contributed by atoms with Crippen molar-refractivity contribution in [1.29, 1.82) is 0 Å². The maximum Gasteiger partial charge on any atom is 0.264 e. The Morgan fingerprint density at radius 2 is 1.96 bits per heavy atom. The fourth-order valence-corrected chi connectivity index (χ4v) is 3.97. The molecule has 2 aliphatic heterocycles. The molecule has 1 aromatic heterocycles. The lowest BCUT2D eigenvalue weighted by atomic mass is 10.2. The van der Waals surface area contributed by atoms with E-state index in [4.69, 9.17) is 9.47 Å². The van der Waals surface area contributed by atoms with Gasteiger partial charge in [-0.15, -0.1) is 11.3 Å². The summed E-state index contributed by atoms with van der Waals surface area (Å²) in [7, 11) is 0. The topological polar surface area (TPSA) is 67.9 Å². The molecule has 136 valence electrons. The molecule has 6 nitrogen and oxygen atoms in total. The molecule has 1 aromatic carbocycles. The van der Waals surface area contributed by atoms with Crippen molar-refractivity contribution >= 4 is 28.8 Å². The minimum atomic E-state index is -0.444. The molecule has 1 fully saturated rings. The molecule has 2 aromatic rings. The highest BCUT2D eigenvalue weighted by molar-refractivity contribution is 7.12. The van der Waals surface area contributed by atoms with E-state index >= 15 is 0 Å². The van der Waals surface area contributed by atoms with Gasteiger partial charge in [0.25, 0.3) is 5.91 Å². The standard InChI is InChI=1S/C19H20N2O4S/c22-18(14-4-1-8-21(14)19(23)17-5-2-11-26-17)20-13-6-7-15-16(12-13)25-10-3-9-24-15/h2,5-7,11-12,14H,1,3-4,8-10H2,(H,20,22)/t14-/m1/s1. The van der Waals surface area contributed by atoms with E-state index in [1.165, 1.54) is 11.3 Å². The van der Waals surface area contributed by atoms with Crippen LogP contribution in [-0.2, 0) is 4.79 Å². The Morgan fingerprint density at radius 3 is 2.77 bits per heavy atom. The van der Waals surface area contributed by atoms with E-state index in [1.807, 2.05) is 11.4 Å². The highest BCUT2D eigenvalue weighted by Crippen LogP contribution is 2.32. The number of likely N-dealkylation sites (tertiary alicyclic amines) is 1. The molecule has 0 spiro atoms. The number of hydrogen-bond acceptors (Lipinski definition) is 5. The third kappa shape index (κ3) is 3.39. The molecule has 0 radical (unpaired) electrons. The lowest BCUT2D eigenvalue weighted by Gasteiger charge is -2.23. The lowest BCUT2D eigenvalue weighted by molar-refractivity contribution is -0.119. The van der Waals surface area contributed by atoms with Crippen LogP contribution in [0.4, 0.5) is 5.69 Å². The molecular weight excluding hydrogens is 352 g/mol. The summed E-state index contributed by atoms with van der Waals surface area (Å²) in [5, 5.41) is 4.79. The van der Waals surface area contributed by atoms with Crippen LogP contribution in [0.15, 0.2) is 35.7 Å². The Hall–Kier alpha value is -2.54. The van der Waals surface area contributed by atoms with Crippen molar-refractivity contribution in [1.82, 2.24) is 4.90 Å². The number of ether oxygens (including phenoxy) is 2. The van der Waals surface area contributed by atoms with E-state index < -0.39 is 6.04 Å². The smallest absolute Gasteiger partial charge is 0.264 e. The van der Waals surface area contributed by atoms with Crippen molar-refractivity contribution in [2.45, 2.75) is 25.3 Å². The molecule has 1 atom stereocenters. The second-order valence-electron chi connectivity index (χ2n) is 6.34. The van der Waals surface area contributed by atoms with Crippen LogP contribution >= 0.6 is 11.3 Å². The Balaban J connectivity index is 1.47. The van der Waals surface area contributed by atoms with Crippen LogP contribution in [0.1, 0.15) is 28.9 Å². The van der Waals surface area contributed by atoms with Gasteiger partial charge in [-0.3, -0.25) is 9.59 Å². The van der Waals surface area contributed by atoms with Crippen LogP contribution in [0.5, 0.6) is 11.5 Å². The molecule has 3 heterocycles. The highest BCUT2D eigenvalue weighted by atomic mass is 32.1. The van der Waals surface area contributed by atoms with E-state index in [0.717, 1.165) is 12.8 Å². The number of anilines is 1. The molecule has 0 bridgehead atoms. The summed E-state index contributed by atoms with van der Waals surface area (Å²) >= 11 is 1.40. The third-order valence-corrected chi connectivity index (χ3v) is 5.42. The van der Waals surface area contributed by atoms with Crippen LogP contribution in [-0.4, -0.2) is 42.5 Å². The molecule has 0 aliphatic carbocycles. The minimum absolute atomic E-state index is 0.0729. The number of amides is 2. The van der Waals surface area contributed by atoms with Crippen molar-refractivity contribution < 1.29 is 19.1 Å². The zero-order chi connectivity index (χ0) is 17.9. The van der Waals surface area contributed by atoms with Gasteiger partial charge in [0.2, 0.25) is 5.91 Å². The van der Waals surface area contributed by atoms with Gasteiger partial charge in [0, 0.05) is 24.7 Å². The van der Waals surface area contributed by atoms with Crippen molar-refractivity contribution in [3.8, 4) is 11.5 Å². The predicted molar refractivity (Wildman–Crippen MR) is 99.1 cm³/mol. The molecule has 0 saturated carbocycles. The van der Waals surface area contributed by atoms with Crippen molar-refractivity contribution in [2.24, 2.45) is 0 Å². The van der Waals surface area contributed by atoms with Crippen molar-refractivity contribution in [2.75, 3.05) is 25.1 Å². The molecule has 1 saturated heterocycles. The van der Waals surface area contributed by atoms with Crippen LogP contribution in [0.3, 0.4) is 0 Å². The molecule has 1 N–H and O–H groups in total. The number of nitrogens with zero attached hydrogens (tertiary/aromatic N) is 1. The summed E-state index contributed by atoms with van der Waals surface area (Å²) in [6, 6.07) is 8.58. The summed E-state index contributed by atoms with van der Waals surface area (Å²) in [5.74, 6) is 1.09. The monoisotopic (exact) mass is 372 g/mol. The number of rotatable bonds is 3. The number of carbonyl (C=O) groups excluding carboxylic acids is 2. The van der Waals surface area contributed by atoms with Gasteiger partial charge in [0.05, 0.1) is 18.1 Å². The summed E-state index contributed by atoms with van der Waals surface area (Å²) in [6.07, 6.45) is 2.34. The predicted octanol–water partition coefficient (Wildman–Crippen LogP) is 3.15.